The zero-order valence-electron chi connectivity index (χ0n) is 18.2. The van der Waals surface area contributed by atoms with E-state index in [1.54, 1.807) is 35.2 Å². The first-order valence-corrected chi connectivity index (χ1v) is 12.1. The van der Waals surface area contributed by atoms with Crippen molar-refractivity contribution >= 4 is 63.1 Å². The van der Waals surface area contributed by atoms with Gasteiger partial charge in [0.25, 0.3) is 5.91 Å². The molecule has 1 saturated heterocycles. The van der Waals surface area contributed by atoms with Gasteiger partial charge < -0.3 is 15.5 Å². The van der Waals surface area contributed by atoms with E-state index in [4.69, 9.17) is 23.2 Å². The van der Waals surface area contributed by atoms with Crippen LogP contribution in [0.5, 0.6) is 0 Å². The first-order valence-electron chi connectivity index (χ1n) is 10.5. The number of nitrogens with one attached hydrogen (secondary N) is 2. The van der Waals surface area contributed by atoms with Gasteiger partial charge in [-0.3, -0.25) is 14.4 Å². The second-order valence-corrected chi connectivity index (χ2v) is 9.69. The summed E-state index contributed by atoms with van der Waals surface area (Å²) in [5.41, 5.74) is 2.00. The zero-order valence-corrected chi connectivity index (χ0v) is 20.5. The molecule has 4 rings (SSSR count). The van der Waals surface area contributed by atoms with Crippen molar-refractivity contribution in [2.45, 2.75) is 19.8 Å². The smallest absolute Gasteiger partial charge is 0.252 e. The van der Waals surface area contributed by atoms with Crippen molar-refractivity contribution in [2.75, 3.05) is 23.3 Å². The van der Waals surface area contributed by atoms with Gasteiger partial charge in [0.2, 0.25) is 16.9 Å². The van der Waals surface area contributed by atoms with Crippen molar-refractivity contribution < 1.29 is 14.4 Å². The molecule has 3 amide bonds. The van der Waals surface area contributed by atoms with Crippen LogP contribution in [0.15, 0.2) is 42.5 Å². The van der Waals surface area contributed by atoms with Gasteiger partial charge in [-0.05, 0) is 36.8 Å². The van der Waals surface area contributed by atoms with Gasteiger partial charge in [-0.2, -0.15) is 0 Å². The topological polar surface area (TPSA) is 104 Å². The predicted molar refractivity (Wildman–Crippen MR) is 133 cm³/mol. The van der Waals surface area contributed by atoms with Gasteiger partial charge >= 0.3 is 0 Å². The highest BCUT2D eigenvalue weighted by atomic mass is 35.5. The number of amides is 3. The van der Waals surface area contributed by atoms with Crippen molar-refractivity contribution in [3.05, 3.63) is 68.6 Å². The van der Waals surface area contributed by atoms with Crippen LogP contribution in [-0.2, 0) is 16.0 Å². The normalized spacial score (nSPS) is 15.4. The van der Waals surface area contributed by atoms with Crippen molar-refractivity contribution in [3.63, 3.8) is 0 Å². The van der Waals surface area contributed by atoms with Crippen LogP contribution in [-0.4, -0.2) is 41.0 Å². The third-order valence-corrected chi connectivity index (χ3v) is 7.04. The van der Waals surface area contributed by atoms with Crippen LogP contribution in [0.4, 0.5) is 10.8 Å². The van der Waals surface area contributed by atoms with E-state index in [9.17, 15) is 14.4 Å². The number of anilines is 2. The zero-order chi connectivity index (χ0) is 24.2. The average molecular weight is 518 g/mol. The lowest BCUT2D eigenvalue weighted by atomic mass is 10.1. The molecule has 0 bridgehead atoms. The Morgan fingerprint density at radius 3 is 2.71 bits per heavy atom. The Labute approximate surface area is 210 Å². The minimum absolute atomic E-state index is 0.108. The van der Waals surface area contributed by atoms with E-state index in [2.05, 4.69) is 20.8 Å². The quantitative estimate of drug-likeness (QED) is 0.490. The van der Waals surface area contributed by atoms with E-state index in [0.29, 0.717) is 44.4 Å². The summed E-state index contributed by atoms with van der Waals surface area (Å²) in [5.74, 6) is -1.19. The maximum Gasteiger partial charge on any atom is 0.252 e. The number of carbonyl (C=O) groups excluding carboxylic acids is 3. The molecule has 34 heavy (non-hydrogen) atoms. The van der Waals surface area contributed by atoms with Crippen LogP contribution >= 0.6 is 34.5 Å². The summed E-state index contributed by atoms with van der Waals surface area (Å²) in [6.07, 6.45) is 0.560. The molecular formula is C23H21Cl2N5O3S. The fourth-order valence-corrected chi connectivity index (χ4v) is 4.66. The molecule has 1 aromatic heterocycles. The van der Waals surface area contributed by atoms with Gasteiger partial charge in [0.1, 0.15) is 5.01 Å². The van der Waals surface area contributed by atoms with Gasteiger partial charge in [-0.15, -0.1) is 10.2 Å². The van der Waals surface area contributed by atoms with Crippen LogP contribution in [0.3, 0.4) is 0 Å². The summed E-state index contributed by atoms with van der Waals surface area (Å²) in [5, 5.41) is 15.6. The molecule has 1 unspecified atom stereocenters. The fraction of sp³-hybridized carbons (Fsp3) is 0.261. The van der Waals surface area contributed by atoms with Crippen LogP contribution in [0.2, 0.25) is 10.0 Å². The number of aryl methyl sites for hydroxylation is 1. The van der Waals surface area contributed by atoms with Crippen molar-refractivity contribution in [2.24, 2.45) is 5.92 Å². The number of rotatable bonds is 7. The maximum absolute atomic E-state index is 12.7. The first kappa shape index (κ1) is 24.1. The predicted octanol–water partition coefficient (Wildman–Crippen LogP) is 4.12. The van der Waals surface area contributed by atoms with Crippen LogP contribution in [0.1, 0.15) is 27.3 Å². The first-order chi connectivity index (χ1) is 16.3. The molecule has 0 aliphatic carbocycles. The molecule has 1 aliphatic heterocycles. The fourth-order valence-electron chi connectivity index (χ4n) is 3.52. The molecular weight excluding hydrogens is 497 g/mol. The Kier molecular flexibility index (Phi) is 7.45. The molecule has 1 atom stereocenters. The Morgan fingerprint density at radius 1 is 1.15 bits per heavy atom. The molecule has 0 radical (unpaired) electrons. The van der Waals surface area contributed by atoms with Gasteiger partial charge in [-0.1, -0.05) is 52.7 Å². The highest BCUT2D eigenvalue weighted by Gasteiger charge is 2.35. The van der Waals surface area contributed by atoms with Gasteiger partial charge in [0.15, 0.2) is 0 Å². The average Bonchev–Trinajstić information content (AvgIpc) is 3.42. The lowest BCUT2D eigenvalue weighted by molar-refractivity contribution is -0.122. The summed E-state index contributed by atoms with van der Waals surface area (Å²) >= 11 is 13.4. The molecule has 8 nitrogen and oxygen atoms in total. The van der Waals surface area contributed by atoms with Crippen molar-refractivity contribution in [1.82, 2.24) is 15.5 Å². The number of hydrogen-bond donors (Lipinski definition) is 2. The molecule has 11 heteroatoms. The van der Waals surface area contributed by atoms with E-state index in [1.165, 1.54) is 11.3 Å². The third kappa shape index (κ3) is 5.55. The maximum atomic E-state index is 12.7. The summed E-state index contributed by atoms with van der Waals surface area (Å²) in [4.78, 5) is 39.0. The Morgan fingerprint density at radius 2 is 1.94 bits per heavy atom. The van der Waals surface area contributed by atoms with Crippen LogP contribution in [0.25, 0.3) is 0 Å². The molecule has 1 fully saturated rings. The lowest BCUT2D eigenvalue weighted by Gasteiger charge is -2.17. The van der Waals surface area contributed by atoms with E-state index >= 15 is 0 Å². The summed E-state index contributed by atoms with van der Waals surface area (Å²) in [7, 11) is 0. The van der Waals surface area contributed by atoms with Crippen LogP contribution in [0, 0.1) is 12.8 Å². The second-order valence-electron chi connectivity index (χ2n) is 7.81. The van der Waals surface area contributed by atoms with Gasteiger partial charge in [-0.25, -0.2) is 0 Å². The number of hydrogen-bond acceptors (Lipinski definition) is 6. The minimum Gasteiger partial charge on any atom is -0.352 e. The largest absolute Gasteiger partial charge is 0.352 e. The van der Waals surface area contributed by atoms with Gasteiger partial charge in [0.05, 0.1) is 16.5 Å². The number of carbonyl (C=O) groups is 3. The Hall–Kier alpha value is -3.01. The second kappa shape index (κ2) is 10.5. The number of nitrogens with zero attached hydrogens (tertiary/aromatic N) is 3. The Balaban J connectivity index is 1.28. The monoisotopic (exact) mass is 517 g/mol. The summed E-state index contributed by atoms with van der Waals surface area (Å²) < 4.78 is 0. The molecule has 2 heterocycles. The van der Waals surface area contributed by atoms with E-state index < -0.39 is 5.92 Å². The van der Waals surface area contributed by atoms with E-state index in [0.717, 1.165) is 5.56 Å². The lowest BCUT2D eigenvalue weighted by Crippen LogP contribution is -2.28. The standard InChI is InChI=1S/C23H21Cl2N5O3S/c1-13-6-7-15(11-18(13)25)30-12-14(10-20(30)31)21(32)27-23-29-28-19(34-23)8-9-26-22(33)16-4-2-3-5-17(16)24/h2-7,11,14H,8-10,12H2,1H3,(H,26,33)(H,27,29,32). The molecule has 1 aliphatic rings. The summed E-state index contributed by atoms with van der Waals surface area (Å²) in [6.45, 7) is 2.50. The van der Waals surface area contributed by atoms with Crippen LogP contribution < -0.4 is 15.5 Å². The van der Waals surface area contributed by atoms with Crippen molar-refractivity contribution in [1.29, 1.82) is 0 Å². The highest BCUT2D eigenvalue weighted by molar-refractivity contribution is 7.15. The number of aromatic nitrogens is 2. The molecule has 176 valence electrons. The molecule has 3 aromatic rings. The Bertz CT molecular complexity index is 1250. The molecule has 2 aromatic carbocycles. The SMILES string of the molecule is Cc1ccc(N2CC(C(=O)Nc3nnc(CCNC(=O)c4ccccc4Cl)s3)CC2=O)cc1Cl. The van der Waals surface area contributed by atoms with E-state index in [1.807, 2.05) is 19.1 Å². The molecule has 0 spiro atoms. The summed E-state index contributed by atoms with van der Waals surface area (Å²) in [6, 6.07) is 12.2. The van der Waals surface area contributed by atoms with Crippen molar-refractivity contribution in [3.8, 4) is 0 Å². The number of halogens is 2. The molecule has 0 saturated carbocycles. The number of benzene rings is 2. The third-order valence-electron chi connectivity index (χ3n) is 5.40. The highest BCUT2D eigenvalue weighted by Crippen LogP contribution is 2.29. The van der Waals surface area contributed by atoms with E-state index in [-0.39, 0.29) is 30.7 Å². The molecule has 2 N–H and O–H groups in total. The minimum atomic E-state index is -0.505. The van der Waals surface area contributed by atoms with Gasteiger partial charge in [0, 0.05) is 36.6 Å².